The molecule has 0 saturated heterocycles. The molecule has 0 saturated carbocycles. The smallest absolute Gasteiger partial charge is 0.392 e. The Balaban J connectivity index is 2.70. The van der Waals surface area contributed by atoms with Gasteiger partial charge in [-0.1, -0.05) is 72.1 Å². The fourth-order valence-corrected chi connectivity index (χ4v) is 2.81. The van der Waals surface area contributed by atoms with Crippen molar-refractivity contribution in [2.75, 3.05) is 0 Å². The summed E-state index contributed by atoms with van der Waals surface area (Å²) < 4.78 is 6.70. The Morgan fingerprint density at radius 1 is 1.00 bits per heavy atom. The molecule has 0 aliphatic heterocycles. The van der Waals surface area contributed by atoms with Crippen LogP contribution in [0.5, 0.6) is 0 Å². The van der Waals surface area contributed by atoms with Crippen LogP contribution in [0.1, 0.15) is 90.9 Å². The second kappa shape index (κ2) is 9.06. The summed E-state index contributed by atoms with van der Waals surface area (Å²) in [7, 11) is 1.66. The van der Waals surface area contributed by atoms with Crippen LogP contribution in [0.3, 0.4) is 0 Å². The molecule has 0 amide bonds. The van der Waals surface area contributed by atoms with E-state index >= 15 is 0 Å². The van der Waals surface area contributed by atoms with Gasteiger partial charge in [-0.25, -0.2) is 4.79 Å². The number of aromatic nitrogens is 2. The summed E-state index contributed by atoms with van der Waals surface area (Å²) in [6.45, 7) is 6.65. The topological polar surface area (TPSA) is 48.0 Å². The van der Waals surface area contributed by atoms with Crippen LogP contribution in [-0.4, -0.2) is 9.78 Å². The second-order valence-corrected chi connectivity index (χ2v) is 6.48. The molecule has 122 valence electrons. The summed E-state index contributed by atoms with van der Waals surface area (Å²) in [5.41, 5.74) is -0.0953. The molecule has 0 aromatic carbocycles. The van der Waals surface area contributed by atoms with Crippen molar-refractivity contribution in [1.82, 2.24) is 9.78 Å². The van der Waals surface area contributed by atoms with Gasteiger partial charge in [0.1, 0.15) is 0 Å². The number of aryl methyl sites for hydroxylation is 1. The Morgan fingerprint density at radius 2 is 1.52 bits per heavy atom. The number of nitrogens with zero attached hydrogens (tertiary/aromatic N) is 2. The number of hydrogen-bond donors (Lipinski definition) is 0. The molecule has 1 rings (SSSR count). The van der Waals surface area contributed by atoms with Crippen molar-refractivity contribution in [1.29, 1.82) is 0 Å². The number of rotatable bonds is 11. The zero-order chi connectivity index (χ0) is 15.7. The van der Waals surface area contributed by atoms with Gasteiger partial charge in [0.05, 0.1) is 0 Å². The molecule has 0 unspecified atom stereocenters. The summed E-state index contributed by atoms with van der Waals surface area (Å²) >= 11 is 0. The van der Waals surface area contributed by atoms with Crippen molar-refractivity contribution in [3.8, 4) is 0 Å². The zero-order valence-electron chi connectivity index (χ0n) is 14.3. The van der Waals surface area contributed by atoms with Gasteiger partial charge < -0.3 is 4.42 Å². The first-order valence-electron chi connectivity index (χ1n) is 8.58. The van der Waals surface area contributed by atoms with Gasteiger partial charge in [-0.05, 0) is 12.8 Å². The zero-order valence-corrected chi connectivity index (χ0v) is 14.3. The van der Waals surface area contributed by atoms with Crippen molar-refractivity contribution < 1.29 is 4.42 Å². The quantitative estimate of drug-likeness (QED) is 0.562. The van der Waals surface area contributed by atoms with Crippen molar-refractivity contribution in [2.45, 2.75) is 90.4 Å². The molecule has 0 aliphatic carbocycles. The lowest BCUT2D eigenvalue weighted by atomic mass is 9.79. The number of unbranched alkanes of at least 4 members (excludes halogenated alkanes) is 6. The van der Waals surface area contributed by atoms with Crippen LogP contribution in [0, 0.1) is 0 Å². The predicted octanol–water partition coefficient (Wildman–Crippen LogP) is 4.57. The lowest BCUT2D eigenvalue weighted by Gasteiger charge is -2.25. The van der Waals surface area contributed by atoms with Crippen LogP contribution in [0.25, 0.3) is 0 Å². The van der Waals surface area contributed by atoms with Crippen LogP contribution in [-0.2, 0) is 12.5 Å². The summed E-state index contributed by atoms with van der Waals surface area (Å²) in [5, 5.41) is 4.32. The molecule has 1 heterocycles. The standard InChI is InChI=1S/C17H32N2O2/c1-5-7-9-11-13-17(3,14-12-10-8-6-2)15-18-19(4)16(20)21-15/h5-14H2,1-4H3. The van der Waals surface area contributed by atoms with Crippen LogP contribution in [0.2, 0.25) is 0 Å². The van der Waals surface area contributed by atoms with Gasteiger partial charge in [-0.3, -0.25) is 0 Å². The third-order valence-corrected chi connectivity index (χ3v) is 4.37. The highest BCUT2D eigenvalue weighted by Crippen LogP contribution is 2.33. The maximum atomic E-state index is 11.6. The van der Waals surface area contributed by atoms with Gasteiger partial charge in [0.2, 0.25) is 5.89 Å². The summed E-state index contributed by atoms with van der Waals surface area (Å²) in [6, 6.07) is 0. The molecular formula is C17H32N2O2. The van der Waals surface area contributed by atoms with E-state index in [1.165, 1.54) is 56.0 Å². The normalized spacial score (nSPS) is 12.0. The van der Waals surface area contributed by atoms with Crippen LogP contribution in [0.15, 0.2) is 9.21 Å². The molecule has 0 radical (unpaired) electrons. The summed E-state index contributed by atoms with van der Waals surface area (Å²) in [6.07, 6.45) is 12.0. The molecule has 21 heavy (non-hydrogen) atoms. The lowest BCUT2D eigenvalue weighted by molar-refractivity contribution is 0.281. The summed E-state index contributed by atoms with van der Waals surface area (Å²) in [5.74, 6) is 0.279. The Bertz CT molecular complexity index is 436. The lowest BCUT2D eigenvalue weighted by Crippen LogP contribution is -2.23. The van der Waals surface area contributed by atoms with E-state index in [-0.39, 0.29) is 11.2 Å². The maximum Gasteiger partial charge on any atom is 0.436 e. The predicted molar refractivity (Wildman–Crippen MR) is 86.6 cm³/mol. The van der Waals surface area contributed by atoms with Crippen LogP contribution >= 0.6 is 0 Å². The molecule has 0 atom stereocenters. The average Bonchev–Trinajstić information content (AvgIpc) is 2.80. The maximum absolute atomic E-state index is 11.6. The molecule has 4 nitrogen and oxygen atoms in total. The van der Waals surface area contributed by atoms with Crippen molar-refractivity contribution in [3.05, 3.63) is 16.4 Å². The molecular weight excluding hydrogens is 264 g/mol. The molecule has 0 N–H and O–H groups in total. The Hall–Kier alpha value is -1.06. The highest BCUT2D eigenvalue weighted by atomic mass is 16.4. The van der Waals surface area contributed by atoms with Crippen molar-refractivity contribution in [2.24, 2.45) is 7.05 Å². The molecule has 0 aliphatic rings. The van der Waals surface area contributed by atoms with Gasteiger partial charge in [0.25, 0.3) is 0 Å². The Labute approximate surface area is 128 Å². The van der Waals surface area contributed by atoms with E-state index in [2.05, 4.69) is 25.9 Å². The van der Waals surface area contributed by atoms with E-state index in [1.54, 1.807) is 7.05 Å². The van der Waals surface area contributed by atoms with E-state index < -0.39 is 0 Å². The van der Waals surface area contributed by atoms with Gasteiger partial charge in [0.15, 0.2) is 0 Å². The van der Waals surface area contributed by atoms with Gasteiger partial charge in [-0.15, -0.1) is 5.10 Å². The third-order valence-electron chi connectivity index (χ3n) is 4.37. The Morgan fingerprint density at radius 3 is 1.90 bits per heavy atom. The molecule has 1 aromatic rings. The Kier molecular flexibility index (Phi) is 7.76. The SMILES string of the molecule is CCCCCCC(C)(CCCCCC)c1nn(C)c(=O)o1. The van der Waals surface area contributed by atoms with E-state index in [4.69, 9.17) is 4.42 Å². The van der Waals surface area contributed by atoms with E-state index in [0.29, 0.717) is 5.89 Å². The van der Waals surface area contributed by atoms with Gasteiger partial charge in [0, 0.05) is 12.5 Å². The van der Waals surface area contributed by atoms with Crippen LogP contribution < -0.4 is 5.76 Å². The van der Waals surface area contributed by atoms with E-state index in [1.807, 2.05) is 0 Å². The largest absolute Gasteiger partial charge is 0.436 e. The van der Waals surface area contributed by atoms with Crippen molar-refractivity contribution >= 4 is 0 Å². The monoisotopic (exact) mass is 296 g/mol. The van der Waals surface area contributed by atoms with E-state index in [0.717, 1.165) is 12.8 Å². The highest BCUT2D eigenvalue weighted by Gasteiger charge is 2.31. The van der Waals surface area contributed by atoms with E-state index in [9.17, 15) is 4.79 Å². The fraction of sp³-hybridized carbons (Fsp3) is 0.882. The fourth-order valence-electron chi connectivity index (χ4n) is 2.81. The minimum Gasteiger partial charge on any atom is -0.392 e. The first-order valence-corrected chi connectivity index (χ1v) is 8.58. The molecule has 4 heteroatoms. The first-order chi connectivity index (χ1) is 10.0. The first kappa shape index (κ1) is 18.0. The van der Waals surface area contributed by atoms with Crippen molar-refractivity contribution in [3.63, 3.8) is 0 Å². The minimum absolute atomic E-state index is 0.0953. The minimum atomic E-state index is -0.349. The number of hydrogen-bond acceptors (Lipinski definition) is 3. The van der Waals surface area contributed by atoms with Gasteiger partial charge >= 0.3 is 5.76 Å². The van der Waals surface area contributed by atoms with Crippen LogP contribution in [0.4, 0.5) is 0 Å². The highest BCUT2D eigenvalue weighted by molar-refractivity contribution is 5.00. The molecule has 0 bridgehead atoms. The molecule has 0 fully saturated rings. The third kappa shape index (κ3) is 5.68. The molecule has 0 spiro atoms. The second-order valence-electron chi connectivity index (χ2n) is 6.48. The molecule has 1 aromatic heterocycles. The van der Waals surface area contributed by atoms with Gasteiger partial charge in [-0.2, -0.15) is 4.68 Å². The average molecular weight is 296 g/mol. The summed E-state index contributed by atoms with van der Waals surface area (Å²) in [4.78, 5) is 11.6.